The molecule has 132 valence electrons. The minimum absolute atomic E-state index is 0.0317. The van der Waals surface area contributed by atoms with Crippen LogP contribution in [0.25, 0.3) is 16.9 Å². The summed E-state index contributed by atoms with van der Waals surface area (Å²) in [5.41, 5.74) is 9.51. The number of nitrogens with two attached hydrogens (primary N) is 1. The Balaban J connectivity index is 1.46. The molecule has 0 saturated heterocycles. The zero-order valence-corrected chi connectivity index (χ0v) is 14.5. The standard InChI is InChI=1S/C20H17N7/c21-20-22-12-15-10-13(6-7-16(15)23-20)11-19-25-24-18-9-8-17(26-27(18)19)14-4-2-1-3-5-14/h1-10,12,15-16H,11H2,(H2,21,23). The van der Waals surface area contributed by atoms with E-state index in [1.165, 1.54) is 0 Å². The van der Waals surface area contributed by atoms with Gasteiger partial charge in [-0.1, -0.05) is 48.6 Å². The topological polar surface area (TPSA) is 93.8 Å². The number of fused-ring (bicyclic) bond motifs is 2. The quantitative estimate of drug-likeness (QED) is 0.779. The Hall–Kier alpha value is -3.61. The summed E-state index contributed by atoms with van der Waals surface area (Å²) >= 11 is 0. The lowest BCUT2D eigenvalue weighted by molar-refractivity contribution is 0.706. The first-order chi connectivity index (χ1) is 13.3. The molecule has 1 aliphatic heterocycles. The summed E-state index contributed by atoms with van der Waals surface area (Å²) in [6.07, 6.45) is 8.78. The molecule has 1 aromatic carbocycles. The largest absolute Gasteiger partial charge is 0.368 e. The first-order valence-corrected chi connectivity index (χ1v) is 8.79. The average molecular weight is 355 g/mol. The summed E-state index contributed by atoms with van der Waals surface area (Å²) in [5.74, 6) is 1.26. The van der Waals surface area contributed by atoms with Crippen LogP contribution in [0.5, 0.6) is 0 Å². The fourth-order valence-electron chi connectivity index (χ4n) is 3.37. The molecule has 2 aliphatic rings. The second-order valence-electron chi connectivity index (χ2n) is 6.58. The molecular weight excluding hydrogens is 338 g/mol. The van der Waals surface area contributed by atoms with Crippen LogP contribution >= 0.6 is 0 Å². The zero-order chi connectivity index (χ0) is 18.2. The second kappa shape index (κ2) is 6.28. The number of nitrogens with zero attached hydrogens (tertiary/aromatic N) is 6. The number of rotatable bonds is 3. The maximum absolute atomic E-state index is 5.68. The van der Waals surface area contributed by atoms with E-state index < -0.39 is 0 Å². The fourth-order valence-corrected chi connectivity index (χ4v) is 3.37. The number of aromatic nitrogens is 4. The van der Waals surface area contributed by atoms with E-state index in [-0.39, 0.29) is 12.0 Å². The lowest BCUT2D eigenvalue weighted by atomic mass is 9.91. The van der Waals surface area contributed by atoms with Gasteiger partial charge in [-0.2, -0.15) is 9.61 Å². The highest BCUT2D eigenvalue weighted by atomic mass is 15.4. The van der Waals surface area contributed by atoms with Crippen molar-refractivity contribution in [3.8, 4) is 11.3 Å². The van der Waals surface area contributed by atoms with Crippen LogP contribution in [0.15, 0.2) is 76.3 Å². The van der Waals surface area contributed by atoms with E-state index in [4.69, 9.17) is 10.8 Å². The van der Waals surface area contributed by atoms with Gasteiger partial charge in [-0.3, -0.25) is 0 Å². The van der Waals surface area contributed by atoms with E-state index in [1.54, 1.807) is 0 Å². The molecule has 0 amide bonds. The average Bonchev–Trinajstić information content (AvgIpc) is 3.11. The highest BCUT2D eigenvalue weighted by Crippen LogP contribution is 2.23. The van der Waals surface area contributed by atoms with Gasteiger partial charge in [0.05, 0.1) is 11.7 Å². The number of allylic oxidation sites excluding steroid dienone is 2. The number of hydrogen-bond acceptors (Lipinski definition) is 6. The van der Waals surface area contributed by atoms with Crippen molar-refractivity contribution in [3.05, 3.63) is 72.1 Å². The van der Waals surface area contributed by atoms with Gasteiger partial charge in [0.15, 0.2) is 11.5 Å². The van der Waals surface area contributed by atoms with E-state index in [2.05, 4.69) is 38.4 Å². The lowest BCUT2D eigenvalue weighted by Crippen LogP contribution is -2.28. The van der Waals surface area contributed by atoms with Crippen molar-refractivity contribution in [1.29, 1.82) is 0 Å². The molecule has 7 nitrogen and oxygen atoms in total. The van der Waals surface area contributed by atoms with Crippen molar-refractivity contribution in [2.75, 3.05) is 0 Å². The number of hydrogen-bond donors (Lipinski definition) is 1. The maximum atomic E-state index is 5.68. The summed E-state index contributed by atoms with van der Waals surface area (Å²) in [5, 5.41) is 13.3. The Morgan fingerprint density at radius 1 is 1.04 bits per heavy atom. The summed E-state index contributed by atoms with van der Waals surface area (Å²) in [4.78, 5) is 8.47. The van der Waals surface area contributed by atoms with Crippen molar-refractivity contribution in [2.45, 2.75) is 12.5 Å². The zero-order valence-electron chi connectivity index (χ0n) is 14.5. The first-order valence-electron chi connectivity index (χ1n) is 8.79. The monoisotopic (exact) mass is 355 g/mol. The molecule has 3 heterocycles. The molecule has 3 aromatic rings. The van der Waals surface area contributed by atoms with Gasteiger partial charge in [-0.05, 0) is 17.7 Å². The molecule has 2 N–H and O–H groups in total. The van der Waals surface area contributed by atoms with Crippen molar-refractivity contribution < 1.29 is 0 Å². The molecule has 0 radical (unpaired) electrons. The Morgan fingerprint density at radius 2 is 1.93 bits per heavy atom. The van der Waals surface area contributed by atoms with Crippen LogP contribution in [0.1, 0.15) is 5.82 Å². The van der Waals surface area contributed by atoms with Crippen LogP contribution in [0.2, 0.25) is 0 Å². The van der Waals surface area contributed by atoms with E-state index in [0.717, 1.165) is 28.3 Å². The summed E-state index contributed by atoms with van der Waals surface area (Å²) < 4.78 is 1.81. The maximum Gasteiger partial charge on any atom is 0.215 e. The van der Waals surface area contributed by atoms with E-state index in [1.807, 2.05) is 53.2 Å². The first kappa shape index (κ1) is 15.6. The van der Waals surface area contributed by atoms with Gasteiger partial charge in [-0.15, -0.1) is 10.2 Å². The van der Waals surface area contributed by atoms with Crippen molar-refractivity contribution in [3.63, 3.8) is 0 Å². The summed E-state index contributed by atoms with van der Waals surface area (Å²) in [7, 11) is 0. The Morgan fingerprint density at radius 3 is 2.81 bits per heavy atom. The van der Waals surface area contributed by atoms with Crippen molar-refractivity contribution >= 4 is 17.8 Å². The highest BCUT2D eigenvalue weighted by molar-refractivity contribution is 5.90. The van der Waals surface area contributed by atoms with Crippen LogP contribution in [0.4, 0.5) is 0 Å². The van der Waals surface area contributed by atoms with Crippen LogP contribution in [0, 0.1) is 5.92 Å². The van der Waals surface area contributed by atoms with E-state index in [0.29, 0.717) is 12.4 Å². The molecule has 0 saturated carbocycles. The smallest absolute Gasteiger partial charge is 0.215 e. The Bertz CT molecular complexity index is 1120. The molecule has 2 atom stereocenters. The SMILES string of the molecule is NC1=NC2C=CC(Cc3nnc4ccc(-c5ccccc5)nn34)=CC2C=N1. The molecule has 27 heavy (non-hydrogen) atoms. The summed E-state index contributed by atoms with van der Waals surface area (Å²) in [6, 6.07) is 14.0. The number of guanidine groups is 1. The highest BCUT2D eigenvalue weighted by Gasteiger charge is 2.22. The van der Waals surface area contributed by atoms with Crippen LogP contribution in [-0.2, 0) is 6.42 Å². The Kier molecular flexibility index (Phi) is 3.64. The van der Waals surface area contributed by atoms with Crippen molar-refractivity contribution in [2.24, 2.45) is 21.6 Å². The third-order valence-electron chi connectivity index (χ3n) is 4.73. The van der Waals surface area contributed by atoms with Gasteiger partial charge in [0.1, 0.15) is 0 Å². The van der Waals surface area contributed by atoms with Gasteiger partial charge < -0.3 is 5.73 Å². The number of aliphatic imine (C=N–C) groups is 2. The molecule has 7 heteroatoms. The van der Waals surface area contributed by atoms with Gasteiger partial charge in [0.25, 0.3) is 0 Å². The minimum Gasteiger partial charge on any atom is -0.368 e. The predicted molar refractivity (Wildman–Crippen MR) is 105 cm³/mol. The van der Waals surface area contributed by atoms with E-state index >= 15 is 0 Å². The molecule has 0 spiro atoms. The van der Waals surface area contributed by atoms with Gasteiger partial charge in [0.2, 0.25) is 5.96 Å². The van der Waals surface area contributed by atoms with Crippen molar-refractivity contribution in [1.82, 2.24) is 19.8 Å². The minimum atomic E-state index is 0.0317. The van der Waals surface area contributed by atoms with E-state index in [9.17, 15) is 0 Å². The fraction of sp³-hybridized carbons (Fsp3) is 0.150. The molecular formula is C20H17N7. The third-order valence-corrected chi connectivity index (χ3v) is 4.73. The molecule has 0 fully saturated rings. The van der Waals surface area contributed by atoms with Crippen LogP contribution in [0.3, 0.4) is 0 Å². The van der Waals surface area contributed by atoms with Gasteiger partial charge in [0, 0.05) is 24.1 Å². The van der Waals surface area contributed by atoms with Crippen LogP contribution in [-0.4, -0.2) is 38.0 Å². The predicted octanol–water partition coefficient (Wildman–Crippen LogP) is 2.21. The molecule has 5 rings (SSSR count). The molecule has 1 aliphatic carbocycles. The Labute approximate surface area is 155 Å². The molecule has 2 unspecified atom stereocenters. The summed E-state index contributed by atoms with van der Waals surface area (Å²) in [6.45, 7) is 0. The normalized spacial score (nSPS) is 21.0. The molecule has 0 bridgehead atoms. The van der Waals surface area contributed by atoms with Gasteiger partial charge >= 0.3 is 0 Å². The molecule has 2 aromatic heterocycles. The third kappa shape index (κ3) is 2.93. The van der Waals surface area contributed by atoms with Gasteiger partial charge in [-0.25, -0.2) is 9.98 Å². The lowest BCUT2D eigenvalue weighted by Gasteiger charge is -2.22. The van der Waals surface area contributed by atoms with Crippen LogP contribution < -0.4 is 5.73 Å². The second-order valence-corrected chi connectivity index (χ2v) is 6.58. The number of benzene rings is 1.